The number of amides is 1. The second-order valence-electron chi connectivity index (χ2n) is 13.6. The number of carbonyl (C=O) groups is 1. The molecule has 8 heteroatoms. The molecule has 0 atom stereocenters. The van der Waals surface area contributed by atoms with E-state index in [9.17, 15) is 9.59 Å². The Bertz CT molecular complexity index is 1590. The maximum Gasteiger partial charge on any atom is 0.407 e. The van der Waals surface area contributed by atoms with E-state index in [0.717, 1.165) is 52.2 Å². The van der Waals surface area contributed by atoms with E-state index in [-0.39, 0.29) is 10.6 Å². The van der Waals surface area contributed by atoms with Gasteiger partial charge >= 0.3 is 6.09 Å². The number of pyridine rings is 1. The zero-order valence-corrected chi connectivity index (χ0v) is 30.1. The summed E-state index contributed by atoms with van der Waals surface area (Å²) in [5.41, 5.74) is 2.13. The van der Waals surface area contributed by atoms with Crippen LogP contribution >= 0.6 is 15.9 Å². The van der Waals surface area contributed by atoms with Crippen LogP contribution in [0.5, 0.6) is 0 Å². The van der Waals surface area contributed by atoms with Gasteiger partial charge in [-0.15, -0.1) is 0 Å². The molecule has 240 valence electrons. The number of H-pyrrole nitrogens is 1. The summed E-state index contributed by atoms with van der Waals surface area (Å²) in [4.78, 5) is 28.5. The molecule has 45 heavy (non-hydrogen) atoms. The van der Waals surface area contributed by atoms with E-state index >= 15 is 0 Å². The number of aromatic nitrogens is 1. The quantitative estimate of drug-likeness (QED) is 0.118. The first-order valence-corrected chi connectivity index (χ1v) is 18.6. The predicted molar refractivity (Wildman–Crippen MR) is 191 cm³/mol. The van der Waals surface area contributed by atoms with Crippen molar-refractivity contribution in [3.63, 3.8) is 0 Å². The molecule has 0 bridgehead atoms. The van der Waals surface area contributed by atoms with Gasteiger partial charge in [0.25, 0.3) is 13.9 Å². The van der Waals surface area contributed by atoms with Gasteiger partial charge in [-0.2, -0.15) is 0 Å². The highest BCUT2D eigenvalue weighted by Gasteiger charge is 2.49. The fourth-order valence-electron chi connectivity index (χ4n) is 6.09. The number of fused-ring (bicyclic) bond motifs is 1. The average molecular weight is 692 g/mol. The number of unbranched alkanes of at least 4 members (excludes halogenated alkanes) is 1. The van der Waals surface area contributed by atoms with Crippen LogP contribution in [-0.2, 0) is 22.0 Å². The number of benzene rings is 3. The largest absolute Gasteiger partial charge is 0.444 e. The first-order chi connectivity index (χ1) is 21.3. The molecule has 1 heterocycles. The van der Waals surface area contributed by atoms with E-state index in [4.69, 9.17) is 9.16 Å². The van der Waals surface area contributed by atoms with Crippen LogP contribution in [-0.4, -0.2) is 38.1 Å². The topological polar surface area (TPSA) is 80.4 Å². The molecule has 0 spiro atoms. The van der Waals surface area contributed by atoms with Gasteiger partial charge in [0, 0.05) is 34.1 Å². The monoisotopic (exact) mass is 690 g/mol. The van der Waals surface area contributed by atoms with Crippen molar-refractivity contribution in [3.05, 3.63) is 105 Å². The van der Waals surface area contributed by atoms with E-state index in [1.807, 2.05) is 32.9 Å². The van der Waals surface area contributed by atoms with Crippen molar-refractivity contribution in [1.82, 2.24) is 10.3 Å². The molecule has 0 aliphatic rings. The molecule has 6 nitrogen and oxygen atoms in total. The second-order valence-corrected chi connectivity index (χ2v) is 18.8. The molecule has 0 saturated carbocycles. The Morgan fingerprint density at radius 1 is 0.822 bits per heavy atom. The van der Waals surface area contributed by atoms with Crippen molar-refractivity contribution >= 4 is 51.6 Å². The zero-order valence-electron chi connectivity index (χ0n) is 27.5. The number of halogens is 1. The van der Waals surface area contributed by atoms with Crippen molar-refractivity contribution in [2.75, 3.05) is 13.2 Å². The molecular weight excluding hydrogens is 644 g/mol. The summed E-state index contributed by atoms with van der Waals surface area (Å²) in [5, 5.41) is 6.29. The summed E-state index contributed by atoms with van der Waals surface area (Å²) in [7, 11) is -2.65. The fourth-order valence-corrected chi connectivity index (χ4v) is 11.1. The Kier molecular flexibility index (Phi) is 11.5. The van der Waals surface area contributed by atoms with Crippen LogP contribution in [0.2, 0.25) is 5.04 Å². The molecular formula is C37H47BrN2O4Si. The number of hydrogen-bond acceptors (Lipinski definition) is 4. The first kappa shape index (κ1) is 34.7. The van der Waals surface area contributed by atoms with Crippen molar-refractivity contribution in [3.8, 4) is 0 Å². The predicted octanol–water partition coefficient (Wildman–Crippen LogP) is 7.65. The number of hydrogen-bond donors (Lipinski definition) is 2. The average Bonchev–Trinajstić information content (AvgIpc) is 2.97. The standard InChI is InChI=1S/C37H47BrN2O4Si/c1-36(2,3)44-35(42)39-24-14-13-20-31-30(32-26-27(38)22-23-33(32)40-34(31)41)21-15-25-43-45(37(4,5)6,28-16-9-7-10-17-28)29-18-11-8-12-19-29/h7-12,16-19,22-23,26H,13-15,20-21,24-25H2,1-6H3,(H,39,42)(H,40,41). The van der Waals surface area contributed by atoms with Crippen molar-refractivity contribution < 1.29 is 14.0 Å². The minimum atomic E-state index is -2.65. The van der Waals surface area contributed by atoms with Crippen LogP contribution in [0, 0.1) is 0 Å². The molecule has 4 rings (SSSR count). The Hall–Kier alpha value is -3.20. The highest BCUT2D eigenvalue weighted by atomic mass is 79.9. The van der Waals surface area contributed by atoms with Crippen molar-refractivity contribution in [1.29, 1.82) is 0 Å². The number of alkyl carbamates (subject to hydrolysis) is 1. The molecule has 0 unspecified atom stereocenters. The molecule has 2 N–H and O–H groups in total. The van der Waals surface area contributed by atoms with Gasteiger partial charge < -0.3 is 19.5 Å². The minimum Gasteiger partial charge on any atom is -0.444 e. The van der Waals surface area contributed by atoms with E-state index in [1.54, 1.807) is 0 Å². The molecule has 0 fully saturated rings. The van der Waals surface area contributed by atoms with Gasteiger partial charge in [-0.25, -0.2) is 4.79 Å². The summed E-state index contributed by atoms with van der Waals surface area (Å²) in [6.45, 7) is 13.5. The van der Waals surface area contributed by atoms with E-state index < -0.39 is 20.0 Å². The van der Waals surface area contributed by atoms with Gasteiger partial charge in [0.15, 0.2) is 0 Å². The molecule has 1 amide bonds. The van der Waals surface area contributed by atoms with Crippen LogP contribution < -0.4 is 21.2 Å². The summed E-state index contributed by atoms with van der Waals surface area (Å²) in [5.74, 6) is 0. The molecule has 1 aromatic heterocycles. The van der Waals surface area contributed by atoms with Gasteiger partial charge in [0.1, 0.15) is 5.60 Å². The van der Waals surface area contributed by atoms with Gasteiger partial charge in [-0.1, -0.05) is 97.4 Å². The Labute approximate surface area is 277 Å². The highest BCUT2D eigenvalue weighted by molar-refractivity contribution is 9.10. The van der Waals surface area contributed by atoms with Crippen LogP contribution in [0.3, 0.4) is 0 Å². The van der Waals surface area contributed by atoms with Gasteiger partial charge in [0.05, 0.1) is 0 Å². The second kappa shape index (κ2) is 14.9. The lowest BCUT2D eigenvalue weighted by Gasteiger charge is -2.43. The van der Waals surface area contributed by atoms with Crippen LogP contribution in [0.15, 0.2) is 88.1 Å². The zero-order chi connectivity index (χ0) is 32.7. The normalized spacial score (nSPS) is 12.3. The number of nitrogens with one attached hydrogen (secondary N) is 2. The minimum absolute atomic E-state index is 0.0483. The summed E-state index contributed by atoms with van der Waals surface area (Å²) in [6.07, 6.45) is 3.22. The number of aromatic amines is 1. The van der Waals surface area contributed by atoms with Crippen molar-refractivity contribution in [2.45, 2.75) is 84.3 Å². The maximum atomic E-state index is 13.4. The summed E-state index contributed by atoms with van der Waals surface area (Å²) in [6, 6.07) is 27.4. The third kappa shape index (κ3) is 8.75. The molecule has 4 aromatic rings. The lowest BCUT2D eigenvalue weighted by Crippen LogP contribution is -2.66. The summed E-state index contributed by atoms with van der Waals surface area (Å²) < 4.78 is 13.5. The van der Waals surface area contributed by atoms with Crippen LogP contribution in [0.4, 0.5) is 4.79 Å². The van der Waals surface area contributed by atoms with Gasteiger partial charge in [-0.05, 0) is 92.0 Å². The third-order valence-corrected chi connectivity index (χ3v) is 13.6. The number of carbonyl (C=O) groups excluding carboxylic acids is 1. The molecule has 0 aliphatic heterocycles. The van der Waals surface area contributed by atoms with E-state index in [0.29, 0.717) is 19.6 Å². The molecule has 0 radical (unpaired) electrons. The molecule has 0 aliphatic carbocycles. The number of rotatable bonds is 12. The smallest absolute Gasteiger partial charge is 0.407 e. The van der Waals surface area contributed by atoms with E-state index in [2.05, 4.69) is 114 Å². The SMILES string of the molecule is CC(C)(C)OC(=O)NCCCCc1c(CCCO[Si](c2ccccc2)(c2ccccc2)C(C)(C)C)c2cc(Br)ccc2[nH]c1=O. The Morgan fingerprint density at radius 2 is 1.42 bits per heavy atom. The Balaban J connectivity index is 1.55. The highest BCUT2D eigenvalue weighted by Crippen LogP contribution is 2.37. The third-order valence-electron chi connectivity index (χ3n) is 8.02. The number of aryl methyl sites for hydroxylation is 1. The first-order valence-electron chi connectivity index (χ1n) is 15.9. The fraction of sp³-hybridized carbons (Fsp3) is 0.405. The number of ether oxygens (including phenoxy) is 1. The van der Waals surface area contributed by atoms with Gasteiger partial charge in [0.2, 0.25) is 0 Å². The van der Waals surface area contributed by atoms with Crippen LogP contribution in [0.25, 0.3) is 10.9 Å². The van der Waals surface area contributed by atoms with Crippen molar-refractivity contribution in [2.24, 2.45) is 0 Å². The maximum absolute atomic E-state index is 13.4. The lowest BCUT2D eigenvalue weighted by atomic mass is 9.96. The van der Waals surface area contributed by atoms with Crippen LogP contribution in [0.1, 0.15) is 71.9 Å². The molecule has 3 aromatic carbocycles. The Morgan fingerprint density at radius 3 is 2.00 bits per heavy atom. The molecule has 0 saturated heterocycles. The summed E-state index contributed by atoms with van der Waals surface area (Å²) >= 11 is 3.64. The lowest BCUT2D eigenvalue weighted by molar-refractivity contribution is 0.0527. The van der Waals surface area contributed by atoms with Gasteiger partial charge in [-0.3, -0.25) is 4.79 Å². The van der Waals surface area contributed by atoms with E-state index in [1.165, 1.54) is 10.4 Å².